The number of aromatic hydroxyl groups is 1. The summed E-state index contributed by atoms with van der Waals surface area (Å²) in [7, 11) is 3.61. The van der Waals surface area contributed by atoms with E-state index in [1.165, 1.54) is 0 Å². The molecule has 0 aromatic heterocycles. The average Bonchev–Trinajstić information content (AvgIpc) is 2.82. The van der Waals surface area contributed by atoms with Crippen LogP contribution in [0.15, 0.2) is 34.8 Å². The molecule has 0 radical (unpaired) electrons. The lowest BCUT2D eigenvalue weighted by atomic mass is 9.53. The molecule has 192 valence electrons. The van der Waals surface area contributed by atoms with E-state index in [-0.39, 0.29) is 30.6 Å². The largest absolute Gasteiger partial charge is 0.507 e. The van der Waals surface area contributed by atoms with Crippen molar-refractivity contribution in [2.45, 2.75) is 24.9 Å². The van der Waals surface area contributed by atoms with Crippen molar-refractivity contribution >= 4 is 50.7 Å². The minimum Gasteiger partial charge on any atom is -0.507 e. The standard InChI is InChI=1S/C27H25BrN2O7/c1-30(2)17-10-15(11-3-5-14(28)6-4-11)22(32)20-16(17)8-12-7-13-9-18(31)21(26(29)36)25(35)27(13,37)24(34)19(12)23(20)33/h3-6,10,12-13,19,21,32,37H,7-9H2,1-2H3,(H2,29,36)/t12-,13+,19?,21?,27+/m1/s1. The van der Waals surface area contributed by atoms with Crippen LogP contribution in [0.4, 0.5) is 5.69 Å². The van der Waals surface area contributed by atoms with Crippen LogP contribution in [0, 0.1) is 23.7 Å². The average molecular weight is 569 g/mol. The zero-order valence-electron chi connectivity index (χ0n) is 20.2. The third-order valence-corrected chi connectivity index (χ3v) is 8.54. The highest BCUT2D eigenvalue weighted by molar-refractivity contribution is 9.10. The van der Waals surface area contributed by atoms with E-state index in [4.69, 9.17) is 5.73 Å². The molecule has 5 atom stereocenters. The molecule has 2 fully saturated rings. The lowest BCUT2D eigenvalue weighted by Gasteiger charge is -2.48. The molecule has 3 aliphatic rings. The van der Waals surface area contributed by atoms with Crippen molar-refractivity contribution in [2.24, 2.45) is 29.4 Å². The third-order valence-electron chi connectivity index (χ3n) is 8.02. The van der Waals surface area contributed by atoms with E-state index in [2.05, 4.69) is 15.9 Å². The van der Waals surface area contributed by atoms with Crippen molar-refractivity contribution in [3.63, 3.8) is 0 Å². The predicted molar refractivity (Wildman–Crippen MR) is 136 cm³/mol. The summed E-state index contributed by atoms with van der Waals surface area (Å²) >= 11 is 3.38. The van der Waals surface area contributed by atoms with Gasteiger partial charge in [-0.2, -0.15) is 0 Å². The van der Waals surface area contributed by atoms with Gasteiger partial charge in [0.15, 0.2) is 34.7 Å². The number of hydrogen-bond acceptors (Lipinski definition) is 8. The lowest BCUT2D eigenvalue weighted by molar-refractivity contribution is -0.175. The molecular weight excluding hydrogens is 544 g/mol. The van der Waals surface area contributed by atoms with Crippen LogP contribution in [0.25, 0.3) is 11.1 Å². The van der Waals surface area contributed by atoms with Crippen molar-refractivity contribution in [1.29, 1.82) is 0 Å². The van der Waals surface area contributed by atoms with E-state index in [0.717, 1.165) is 4.47 Å². The number of nitrogens with two attached hydrogens (primary N) is 1. The van der Waals surface area contributed by atoms with Gasteiger partial charge in [-0.25, -0.2) is 0 Å². The Bertz CT molecular complexity index is 1400. The second-order valence-corrected chi connectivity index (χ2v) is 11.2. The van der Waals surface area contributed by atoms with Gasteiger partial charge in [0, 0.05) is 42.2 Å². The smallest absolute Gasteiger partial charge is 0.235 e. The molecule has 0 bridgehead atoms. The number of fused-ring (bicyclic) bond motifs is 3. The van der Waals surface area contributed by atoms with Crippen molar-refractivity contribution in [3.8, 4) is 16.9 Å². The molecule has 2 aromatic rings. The fraction of sp³-hybridized carbons (Fsp3) is 0.370. The fourth-order valence-corrected chi connectivity index (χ4v) is 6.53. The number of carbonyl (C=O) groups excluding carboxylic acids is 5. The second-order valence-electron chi connectivity index (χ2n) is 10.3. The SMILES string of the molecule is CN(C)c1cc(-c2ccc(Br)cc2)c(O)c2c1C[C@H]1C[C@H]3CC(=O)C(C(N)=O)C(=O)[C@@]3(O)C(=O)C1C2=O. The first-order chi connectivity index (χ1) is 17.4. The summed E-state index contributed by atoms with van der Waals surface area (Å²) in [6.07, 6.45) is -0.0727. The Morgan fingerprint density at radius 2 is 1.73 bits per heavy atom. The summed E-state index contributed by atoms with van der Waals surface area (Å²) in [5.41, 5.74) is 4.86. The van der Waals surface area contributed by atoms with E-state index < -0.39 is 58.3 Å². The highest BCUT2D eigenvalue weighted by Crippen LogP contribution is 2.52. The first kappa shape index (κ1) is 25.3. The maximum atomic E-state index is 13.9. The Hall–Kier alpha value is -3.37. The van der Waals surface area contributed by atoms with E-state index in [1.54, 1.807) is 30.3 Å². The van der Waals surface area contributed by atoms with Gasteiger partial charge in [-0.1, -0.05) is 28.1 Å². The highest BCUT2D eigenvalue weighted by atomic mass is 79.9. The van der Waals surface area contributed by atoms with Gasteiger partial charge in [0.05, 0.1) is 11.5 Å². The van der Waals surface area contributed by atoms with Crippen LogP contribution in [-0.2, 0) is 25.6 Å². The molecule has 2 saturated carbocycles. The van der Waals surface area contributed by atoms with Crippen LogP contribution in [0.3, 0.4) is 0 Å². The number of aliphatic hydroxyl groups is 1. The molecule has 4 N–H and O–H groups in total. The van der Waals surface area contributed by atoms with Gasteiger partial charge in [0.25, 0.3) is 0 Å². The van der Waals surface area contributed by atoms with E-state index >= 15 is 0 Å². The number of rotatable bonds is 3. The molecule has 2 aromatic carbocycles. The minimum absolute atomic E-state index is 0.0217. The molecule has 0 heterocycles. The monoisotopic (exact) mass is 568 g/mol. The quantitative estimate of drug-likeness (QED) is 0.473. The lowest BCUT2D eigenvalue weighted by Crippen LogP contribution is -2.68. The van der Waals surface area contributed by atoms with Gasteiger partial charge in [0.1, 0.15) is 5.75 Å². The predicted octanol–water partition coefficient (Wildman–Crippen LogP) is 1.82. The Balaban J connectivity index is 1.65. The van der Waals surface area contributed by atoms with Crippen molar-refractivity contribution in [2.75, 3.05) is 19.0 Å². The van der Waals surface area contributed by atoms with Crippen molar-refractivity contribution < 1.29 is 34.2 Å². The third kappa shape index (κ3) is 3.57. The number of phenolic OH excluding ortho intramolecular Hbond substituents is 1. The van der Waals surface area contributed by atoms with Gasteiger partial charge in [-0.15, -0.1) is 0 Å². The van der Waals surface area contributed by atoms with E-state index in [9.17, 15) is 34.2 Å². The minimum atomic E-state index is -2.66. The summed E-state index contributed by atoms with van der Waals surface area (Å²) in [6.45, 7) is 0. The Labute approximate surface area is 220 Å². The molecule has 0 aliphatic heterocycles. The number of Topliss-reactive ketones (excluding diaryl/α,β-unsaturated/α-hetero) is 4. The molecule has 2 unspecified atom stereocenters. The van der Waals surface area contributed by atoms with Gasteiger partial charge in [-0.3, -0.25) is 24.0 Å². The number of halogens is 1. The van der Waals surface area contributed by atoms with Crippen LogP contribution in [0.1, 0.15) is 28.8 Å². The summed E-state index contributed by atoms with van der Waals surface area (Å²) in [5.74, 6) is -10.2. The van der Waals surface area contributed by atoms with Crippen molar-refractivity contribution in [1.82, 2.24) is 0 Å². The normalized spacial score (nSPS) is 28.9. The molecule has 3 aliphatic carbocycles. The van der Waals surface area contributed by atoms with E-state index in [0.29, 0.717) is 22.4 Å². The topological polar surface area (TPSA) is 155 Å². The number of carbonyl (C=O) groups is 5. The molecule has 5 rings (SSSR count). The Kier molecular flexibility index (Phi) is 5.87. The zero-order valence-corrected chi connectivity index (χ0v) is 21.7. The molecule has 10 heteroatoms. The van der Waals surface area contributed by atoms with Crippen LogP contribution in [0.5, 0.6) is 5.75 Å². The van der Waals surface area contributed by atoms with Gasteiger partial charge < -0.3 is 20.8 Å². The van der Waals surface area contributed by atoms with Crippen molar-refractivity contribution in [3.05, 3.63) is 45.9 Å². The summed E-state index contributed by atoms with van der Waals surface area (Å²) in [6, 6.07) is 8.94. The van der Waals surface area contributed by atoms with Crippen LogP contribution in [0.2, 0.25) is 0 Å². The summed E-state index contributed by atoms with van der Waals surface area (Å²) < 4.78 is 0.834. The number of anilines is 1. The number of nitrogens with zero attached hydrogens (tertiary/aromatic N) is 1. The molecule has 1 amide bonds. The maximum Gasteiger partial charge on any atom is 0.235 e. The van der Waals surface area contributed by atoms with Crippen LogP contribution < -0.4 is 10.6 Å². The number of hydrogen-bond donors (Lipinski definition) is 3. The molecule has 0 saturated heterocycles. The number of phenols is 1. The number of amides is 1. The number of primary amides is 1. The number of ketones is 4. The highest BCUT2D eigenvalue weighted by Gasteiger charge is 2.66. The maximum absolute atomic E-state index is 13.9. The summed E-state index contributed by atoms with van der Waals surface area (Å²) in [5, 5.41) is 22.7. The summed E-state index contributed by atoms with van der Waals surface area (Å²) in [4.78, 5) is 66.8. The Morgan fingerprint density at radius 3 is 2.32 bits per heavy atom. The first-order valence-corrected chi connectivity index (χ1v) is 12.7. The van der Waals surface area contributed by atoms with Crippen LogP contribution >= 0.6 is 15.9 Å². The molecular formula is C27H25BrN2O7. The Morgan fingerprint density at radius 1 is 1.08 bits per heavy atom. The zero-order chi connectivity index (χ0) is 27.0. The van der Waals surface area contributed by atoms with E-state index in [1.807, 2.05) is 19.0 Å². The molecule has 9 nitrogen and oxygen atoms in total. The molecule has 37 heavy (non-hydrogen) atoms. The number of benzene rings is 2. The fourth-order valence-electron chi connectivity index (χ4n) is 6.26. The second kappa shape index (κ2) is 8.59. The first-order valence-electron chi connectivity index (χ1n) is 11.9. The van der Waals surface area contributed by atoms with Gasteiger partial charge in [-0.05, 0) is 48.1 Å². The molecule has 0 spiro atoms. The van der Waals surface area contributed by atoms with Gasteiger partial charge in [0.2, 0.25) is 5.91 Å². The van der Waals surface area contributed by atoms with Gasteiger partial charge >= 0.3 is 0 Å². The van der Waals surface area contributed by atoms with Crippen LogP contribution in [-0.4, -0.2) is 58.9 Å².